The average molecular weight is 537 g/mol. The molecule has 0 aliphatic rings. The third kappa shape index (κ3) is 8.77. The smallest absolute Gasteiger partial charge is 0.326 e. The molecule has 0 saturated heterocycles. The number of primary amides is 1. The third-order valence-electron chi connectivity index (χ3n) is 5.53. The number of nitrogens with two attached hydrogens (primary N) is 2. The maximum Gasteiger partial charge on any atom is 0.326 e. The number of aromatic nitrogens is 1. The molecule has 2 aromatic rings. The van der Waals surface area contributed by atoms with Crippen molar-refractivity contribution in [2.75, 3.05) is 18.6 Å². The van der Waals surface area contributed by atoms with Crippen molar-refractivity contribution in [2.24, 2.45) is 11.5 Å². The zero-order valence-electron chi connectivity index (χ0n) is 20.2. The van der Waals surface area contributed by atoms with Crippen molar-refractivity contribution in [1.82, 2.24) is 20.9 Å². The second-order valence-electron chi connectivity index (χ2n) is 8.33. The van der Waals surface area contributed by atoms with Crippen LogP contribution in [0.15, 0.2) is 30.5 Å². The molecular formula is C23H32N6O7S. The molecule has 4 atom stereocenters. The van der Waals surface area contributed by atoms with E-state index in [0.29, 0.717) is 11.3 Å². The maximum absolute atomic E-state index is 13.0. The zero-order valence-corrected chi connectivity index (χ0v) is 21.0. The number of carbonyl (C=O) groups excluding carboxylic acids is 4. The first-order chi connectivity index (χ1) is 17.6. The van der Waals surface area contributed by atoms with Crippen molar-refractivity contribution < 1.29 is 34.2 Å². The summed E-state index contributed by atoms with van der Waals surface area (Å²) in [5, 5.41) is 26.7. The van der Waals surface area contributed by atoms with E-state index in [1.165, 1.54) is 11.8 Å². The van der Waals surface area contributed by atoms with E-state index in [2.05, 4.69) is 20.9 Å². The fraction of sp³-hybridized carbons (Fsp3) is 0.435. The number of thioether (sulfide) groups is 1. The summed E-state index contributed by atoms with van der Waals surface area (Å²) in [6, 6.07) is 2.02. The Kier molecular flexibility index (Phi) is 11.4. The molecule has 4 amide bonds. The van der Waals surface area contributed by atoms with E-state index in [0.717, 1.165) is 10.9 Å². The molecule has 4 unspecified atom stereocenters. The average Bonchev–Trinajstić information content (AvgIpc) is 3.27. The van der Waals surface area contributed by atoms with Crippen LogP contribution >= 0.6 is 11.8 Å². The molecule has 0 radical (unpaired) electrons. The summed E-state index contributed by atoms with van der Waals surface area (Å²) in [6.45, 7) is -0.636. The van der Waals surface area contributed by atoms with Gasteiger partial charge in [-0.1, -0.05) is 18.2 Å². The molecule has 14 heteroatoms. The highest BCUT2D eigenvalue weighted by Crippen LogP contribution is 2.19. The standard InChI is InChI=1S/C23H32N6O7S/c1-37-7-6-16(27-20(32)14(24)11-30)21(33)28-17(9-19(25)31)22(34)29-18(23(35)36)8-12-10-26-15-5-3-2-4-13(12)15/h2-5,10,14,16-18,26,30H,6-9,11,24H2,1H3,(H2,25,31)(H,27,32)(H,28,33)(H,29,34)(H,35,36). The number of para-hydroxylation sites is 1. The number of H-pyrrole nitrogens is 1. The summed E-state index contributed by atoms with van der Waals surface area (Å²) in [6.07, 6.45) is 2.94. The van der Waals surface area contributed by atoms with Crippen LogP contribution in [-0.2, 0) is 30.4 Å². The van der Waals surface area contributed by atoms with E-state index in [-0.39, 0.29) is 12.8 Å². The Hall–Kier alpha value is -3.62. The largest absolute Gasteiger partial charge is 0.480 e. The molecule has 2 rings (SSSR count). The van der Waals surface area contributed by atoms with E-state index in [1.807, 2.05) is 18.2 Å². The molecule has 37 heavy (non-hydrogen) atoms. The van der Waals surface area contributed by atoms with Crippen molar-refractivity contribution >= 4 is 52.3 Å². The number of fused-ring (bicyclic) bond motifs is 1. The maximum atomic E-state index is 13.0. The Balaban J connectivity index is 2.17. The van der Waals surface area contributed by atoms with Crippen molar-refractivity contribution in [2.45, 2.75) is 43.4 Å². The predicted octanol–water partition coefficient (Wildman–Crippen LogP) is -1.80. The molecule has 1 aromatic carbocycles. The van der Waals surface area contributed by atoms with Crippen molar-refractivity contribution in [3.8, 4) is 0 Å². The number of benzene rings is 1. The normalized spacial score (nSPS) is 14.2. The summed E-state index contributed by atoms with van der Waals surface area (Å²) in [5.74, 6) is -4.25. The lowest BCUT2D eigenvalue weighted by molar-refractivity contribution is -0.142. The second-order valence-corrected chi connectivity index (χ2v) is 9.31. The van der Waals surface area contributed by atoms with Crippen LogP contribution in [-0.4, -0.2) is 87.6 Å². The van der Waals surface area contributed by atoms with Crippen LogP contribution in [0.4, 0.5) is 0 Å². The minimum atomic E-state index is -1.49. The fourth-order valence-corrected chi connectivity index (χ4v) is 4.01. The molecule has 13 nitrogen and oxygen atoms in total. The molecule has 0 bridgehead atoms. The van der Waals surface area contributed by atoms with Gasteiger partial charge in [0.2, 0.25) is 23.6 Å². The molecule has 1 heterocycles. The summed E-state index contributed by atoms with van der Waals surface area (Å²) in [5.41, 5.74) is 12.2. The topological polar surface area (TPSA) is 230 Å². The van der Waals surface area contributed by atoms with Gasteiger partial charge in [0.1, 0.15) is 24.2 Å². The summed E-state index contributed by atoms with van der Waals surface area (Å²) in [7, 11) is 0. The number of rotatable bonds is 15. The van der Waals surface area contributed by atoms with E-state index in [1.54, 1.807) is 18.5 Å². The van der Waals surface area contributed by atoms with E-state index in [4.69, 9.17) is 16.6 Å². The minimum Gasteiger partial charge on any atom is -0.480 e. The number of carbonyl (C=O) groups is 5. The van der Waals surface area contributed by atoms with Gasteiger partial charge in [0.05, 0.1) is 13.0 Å². The van der Waals surface area contributed by atoms with Crippen molar-refractivity contribution in [3.63, 3.8) is 0 Å². The SMILES string of the molecule is CSCCC(NC(=O)C(N)CO)C(=O)NC(CC(N)=O)C(=O)NC(Cc1c[nH]c2ccccc12)C(=O)O. The van der Waals surface area contributed by atoms with Crippen LogP contribution in [0.5, 0.6) is 0 Å². The Morgan fingerprint density at radius 2 is 1.62 bits per heavy atom. The number of aliphatic hydroxyl groups excluding tert-OH is 1. The van der Waals surface area contributed by atoms with Crippen LogP contribution in [0.2, 0.25) is 0 Å². The Bertz CT molecular complexity index is 1120. The number of amides is 4. The molecular weight excluding hydrogens is 504 g/mol. The first-order valence-electron chi connectivity index (χ1n) is 11.4. The van der Waals surface area contributed by atoms with Gasteiger partial charge < -0.3 is 42.6 Å². The number of carboxylic acid groups (broad SMARTS) is 1. The number of hydrogen-bond acceptors (Lipinski definition) is 8. The number of aliphatic carboxylic acids is 1. The first kappa shape index (κ1) is 29.6. The van der Waals surface area contributed by atoms with Gasteiger partial charge in [0.15, 0.2) is 0 Å². The zero-order chi connectivity index (χ0) is 27.5. The lowest BCUT2D eigenvalue weighted by Crippen LogP contribution is -2.58. The van der Waals surface area contributed by atoms with E-state index in [9.17, 15) is 29.1 Å². The van der Waals surface area contributed by atoms with Crippen molar-refractivity contribution in [1.29, 1.82) is 0 Å². The van der Waals surface area contributed by atoms with Gasteiger partial charge in [-0.2, -0.15) is 11.8 Å². The van der Waals surface area contributed by atoms with Gasteiger partial charge in [-0.15, -0.1) is 0 Å². The fourth-order valence-electron chi connectivity index (χ4n) is 3.54. The Morgan fingerprint density at radius 1 is 1.00 bits per heavy atom. The number of nitrogens with one attached hydrogen (secondary N) is 4. The molecule has 0 fully saturated rings. The van der Waals surface area contributed by atoms with E-state index < -0.39 is 66.8 Å². The molecule has 202 valence electrons. The highest BCUT2D eigenvalue weighted by atomic mass is 32.2. The minimum absolute atomic E-state index is 0.0617. The number of carboxylic acids is 1. The molecule has 0 aliphatic heterocycles. The van der Waals surface area contributed by atoms with Gasteiger partial charge in [-0.3, -0.25) is 19.2 Å². The Morgan fingerprint density at radius 3 is 2.24 bits per heavy atom. The predicted molar refractivity (Wildman–Crippen MR) is 137 cm³/mol. The summed E-state index contributed by atoms with van der Waals surface area (Å²) in [4.78, 5) is 64.6. The number of aromatic amines is 1. The van der Waals surface area contributed by atoms with Gasteiger partial charge >= 0.3 is 5.97 Å². The van der Waals surface area contributed by atoms with Crippen LogP contribution < -0.4 is 27.4 Å². The van der Waals surface area contributed by atoms with Crippen LogP contribution in [0.25, 0.3) is 10.9 Å². The second kappa shape index (κ2) is 14.2. The summed E-state index contributed by atoms with van der Waals surface area (Å²) >= 11 is 1.41. The van der Waals surface area contributed by atoms with Gasteiger partial charge in [0.25, 0.3) is 0 Å². The summed E-state index contributed by atoms with van der Waals surface area (Å²) < 4.78 is 0. The van der Waals surface area contributed by atoms with Gasteiger partial charge in [-0.05, 0) is 30.1 Å². The first-order valence-corrected chi connectivity index (χ1v) is 12.8. The molecule has 0 spiro atoms. The van der Waals surface area contributed by atoms with E-state index >= 15 is 0 Å². The molecule has 1 aromatic heterocycles. The number of aliphatic hydroxyl groups is 1. The van der Waals surface area contributed by atoms with Crippen LogP contribution in [0.1, 0.15) is 18.4 Å². The van der Waals surface area contributed by atoms with Gasteiger partial charge in [0, 0.05) is 23.5 Å². The molecule has 0 aliphatic carbocycles. The Labute approximate surface area is 217 Å². The third-order valence-corrected chi connectivity index (χ3v) is 6.17. The highest BCUT2D eigenvalue weighted by molar-refractivity contribution is 7.98. The highest BCUT2D eigenvalue weighted by Gasteiger charge is 2.31. The molecule has 0 saturated carbocycles. The van der Waals surface area contributed by atoms with Crippen LogP contribution in [0.3, 0.4) is 0 Å². The molecule has 10 N–H and O–H groups in total. The van der Waals surface area contributed by atoms with Gasteiger partial charge in [-0.25, -0.2) is 4.79 Å². The van der Waals surface area contributed by atoms with Crippen LogP contribution in [0, 0.1) is 0 Å². The monoisotopic (exact) mass is 536 g/mol. The quantitative estimate of drug-likeness (QED) is 0.128. The lowest BCUT2D eigenvalue weighted by Gasteiger charge is -2.24. The number of hydrogen-bond donors (Lipinski definition) is 8. The van der Waals surface area contributed by atoms with Crippen molar-refractivity contribution in [3.05, 3.63) is 36.0 Å². The lowest BCUT2D eigenvalue weighted by atomic mass is 10.0.